The van der Waals surface area contributed by atoms with Gasteiger partial charge in [0.2, 0.25) is 0 Å². The summed E-state index contributed by atoms with van der Waals surface area (Å²) in [5.41, 5.74) is 26.7. The monoisotopic (exact) mass is 665 g/mol. The highest BCUT2D eigenvalue weighted by Gasteiger charge is 2.49. The van der Waals surface area contributed by atoms with E-state index in [1.165, 1.54) is 0 Å². The van der Waals surface area contributed by atoms with Gasteiger partial charge in [-0.1, -0.05) is 15.3 Å². The Bertz CT molecular complexity index is 1100. The summed E-state index contributed by atoms with van der Waals surface area (Å²) in [6.45, 7) is -3.13. The van der Waals surface area contributed by atoms with Gasteiger partial charge >= 0.3 is 0 Å². The van der Waals surface area contributed by atoms with Crippen LogP contribution in [0.3, 0.4) is 0 Å². The molecule has 0 aromatic rings. The van der Waals surface area contributed by atoms with Crippen LogP contribution in [0.5, 0.6) is 0 Å². The third kappa shape index (κ3) is 9.47. The number of aliphatic hydroxyl groups excluding tert-OH is 8. The van der Waals surface area contributed by atoms with Crippen LogP contribution in [0, 0.1) is 0 Å². The van der Waals surface area contributed by atoms with E-state index < -0.39 is 118 Å². The van der Waals surface area contributed by atoms with Gasteiger partial charge in [0.1, 0.15) is 49.5 Å². The zero-order valence-electron chi connectivity index (χ0n) is 24.4. The number of azide groups is 3. The average molecular weight is 666 g/mol. The van der Waals surface area contributed by atoms with E-state index in [4.69, 9.17) is 45.0 Å². The van der Waals surface area contributed by atoms with Crippen molar-refractivity contribution < 1.29 is 69.3 Å². The van der Waals surface area contributed by atoms with E-state index in [1.807, 2.05) is 0 Å². The molecule has 1 aliphatic carbocycles. The maximum atomic E-state index is 10.8. The van der Waals surface area contributed by atoms with E-state index in [9.17, 15) is 40.9 Å². The minimum atomic E-state index is -1.71. The smallest absolute Gasteiger partial charge is 0.169 e. The first-order valence-electron chi connectivity index (χ1n) is 14.3. The third-order valence-corrected chi connectivity index (χ3v) is 7.87. The second kappa shape index (κ2) is 18.6. The first-order chi connectivity index (χ1) is 22.1. The van der Waals surface area contributed by atoms with Gasteiger partial charge in [0.15, 0.2) is 12.6 Å². The van der Waals surface area contributed by atoms with E-state index in [1.54, 1.807) is 0 Å². The van der Waals surface area contributed by atoms with E-state index in [2.05, 4.69) is 30.1 Å². The largest absolute Gasteiger partial charge is 0.394 e. The Balaban J connectivity index is 1.71. The molecule has 46 heavy (non-hydrogen) atoms. The zero-order valence-corrected chi connectivity index (χ0v) is 24.4. The second-order valence-corrected chi connectivity index (χ2v) is 10.7. The number of ether oxygens (including phenoxy) is 6. The Morgan fingerprint density at radius 3 is 2.13 bits per heavy atom. The summed E-state index contributed by atoms with van der Waals surface area (Å²) in [6, 6.07) is -2.49. The van der Waals surface area contributed by atoms with Crippen LogP contribution in [0.2, 0.25) is 0 Å². The Morgan fingerprint density at radius 1 is 0.783 bits per heavy atom. The Hall–Kier alpha value is -2.63. The van der Waals surface area contributed by atoms with Crippen molar-refractivity contribution in [1.29, 1.82) is 0 Å². The SMILES string of the molecule is [N-]=[N+]=NC[C@@H]1O[C@H](O[C@H](CO)[C@@H](CO)OCO[C@@H]2C(O)CCC(N=[N+]=[N-])[C@H]2O[C@H]2OC(CO)[C@@H](O)[C@H](O)C2N=[N+]=[N-])CC(O)[C@@H]1O. The average Bonchev–Trinajstić information content (AvgIpc) is 3.05. The topological polar surface area (TPSA) is 364 Å². The zero-order chi connectivity index (χ0) is 33.8. The number of rotatable bonds is 16. The van der Waals surface area contributed by atoms with Gasteiger partial charge in [-0.3, -0.25) is 0 Å². The molecule has 0 spiro atoms. The first kappa shape index (κ1) is 37.8. The quantitative estimate of drug-likeness (QED) is 0.0368. The van der Waals surface area contributed by atoms with Crippen LogP contribution in [0.4, 0.5) is 0 Å². The van der Waals surface area contributed by atoms with Gasteiger partial charge in [-0.15, -0.1) is 0 Å². The van der Waals surface area contributed by atoms with Crippen molar-refractivity contribution in [3.63, 3.8) is 0 Å². The molecule has 2 aliphatic heterocycles. The van der Waals surface area contributed by atoms with Gasteiger partial charge in [0, 0.05) is 21.2 Å². The highest BCUT2D eigenvalue weighted by molar-refractivity contribution is 4.98. The number of hydrogen-bond donors (Lipinski definition) is 8. The molecule has 23 heteroatoms. The normalized spacial score (nSPS) is 39.3. The van der Waals surface area contributed by atoms with Gasteiger partial charge in [0.05, 0.1) is 62.9 Å². The van der Waals surface area contributed by atoms with Crippen LogP contribution in [0.1, 0.15) is 19.3 Å². The summed E-state index contributed by atoms with van der Waals surface area (Å²) < 4.78 is 33.9. The number of nitrogens with zero attached hydrogens (tertiary/aromatic N) is 9. The van der Waals surface area contributed by atoms with Gasteiger partial charge in [-0.2, -0.15) is 0 Å². The standard InChI is InChI=1S/C23H39N9O14/c24-30-27-4-12-18(38)11(37)3-16(43-12)44-14(6-34)13(5-33)41-8-42-22-10(36)2-1-9(28-31-25)21(22)46-23-17(29-32-26)20(40)19(39)15(7-35)45-23/h9-23,33-40H,1-8H2/t9?,10?,11?,12-,13+,14+,15?,16+,17?,18-,19+,20+,21+,22+,23+/m0/s1. The molecule has 5 unspecified atom stereocenters. The molecule has 0 bridgehead atoms. The van der Waals surface area contributed by atoms with Crippen molar-refractivity contribution in [1.82, 2.24) is 0 Å². The molecule has 8 N–H and O–H groups in total. The maximum absolute atomic E-state index is 10.8. The molecule has 2 saturated heterocycles. The summed E-state index contributed by atoms with van der Waals surface area (Å²) in [7, 11) is 0. The lowest BCUT2D eigenvalue weighted by molar-refractivity contribution is -0.304. The number of hydrogen-bond acceptors (Lipinski definition) is 17. The van der Waals surface area contributed by atoms with Gasteiger partial charge < -0.3 is 69.3 Å². The van der Waals surface area contributed by atoms with Crippen molar-refractivity contribution in [3.8, 4) is 0 Å². The van der Waals surface area contributed by atoms with E-state index in [-0.39, 0.29) is 25.8 Å². The van der Waals surface area contributed by atoms with Gasteiger partial charge in [-0.25, -0.2) is 0 Å². The molecule has 0 radical (unpaired) electrons. The van der Waals surface area contributed by atoms with Crippen LogP contribution in [-0.2, 0) is 28.4 Å². The highest BCUT2D eigenvalue weighted by Crippen LogP contribution is 2.33. The molecule has 1 saturated carbocycles. The molecule has 0 amide bonds. The minimum Gasteiger partial charge on any atom is -0.394 e. The molecular formula is C23H39N9O14. The van der Waals surface area contributed by atoms with Gasteiger partial charge in [0.25, 0.3) is 0 Å². The lowest BCUT2D eigenvalue weighted by atomic mass is 9.87. The van der Waals surface area contributed by atoms with Crippen LogP contribution in [-0.4, -0.2) is 166 Å². The first-order valence-corrected chi connectivity index (χ1v) is 14.3. The fourth-order valence-corrected chi connectivity index (χ4v) is 5.39. The van der Waals surface area contributed by atoms with E-state index >= 15 is 0 Å². The number of aliphatic hydroxyl groups is 8. The third-order valence-electron chi connectivity index (χ3n) is 7.87. The van der Waals surface area contributed by atoms with Crippen LogP contribution in [0.15, 0.2) is 15.3 Å². The lowest BCUT2D eigenvalue weighted by Gasteiger charge is -2.45. The fraction of sp³-hybridized carbons (Fsp3) is 1.00. The van der Waals surface area contributed by atoms with Crippen LogP contribution < -0.4 is 0 Å². The van der Waals surface area contributed by atoms with Crippen LogP contribution in [0.25, 0.3) is 31.3 Å². The predicted molar refractivity (Wildman–Crippen MR) is 147 cm³/mol. The van der Waals surface area contributed by atoms with Crippen LogP contribution >= 0.6 is 0 Å². The van der Waals surface area contributed by atoms with Crippen molar-refractivity contribution in [2.45, 2.75) is 111 Å². The molecule has 3 aliphatic rings. The maximum Gasteiger partial charge on any atom is 0.169 e. The van der Waals surface area contributed by atoms with E-state index in [0.717, 1.165) is 0 Å². The Labute approximate surface area is 260 Å². The Kier molecular flexibility index (Phi) is 15.3. The molecule has 2 heterocycles. The molecular weight excluding hydrogens is 626 g/mol. The summed E-state index contributed by atoms with van der Waals surface area (Å²) in [6.07, 6.45) is -17.7. The second-order valence-electron chi connectivity index (χ2n) is 10.7. The predicted octanol–water partition coefficient (Wildman–Crippen LogP) is -2.43. The molecule has 23 nitrogen and oxygen atoms in total. The molecule has 0 aromatic heterocycles. The summed E-state index contributed by atoms with van der Waals surface area (Å²) in [4.78, 5) is 8.02. The molecule has 3 rings (SSSR count). The van der Waals surface area contributed by atoms with Crippen molar-refractivity contribution >= 4 is 0 Å². The van der Waals surface area contributed by atoms with Gasteiger partial charge in [-0.05, 0) is 29.4 Å². The van der Waals surface area contributed by atoms with Crippen molar-refractivity contribution in [2.75, 3.05) is 33.2 Å². The molecule has 260 valence electrons. The summed E-state index contributed by atoms with van der Waals surface area (Å²) >= 11 is 0. The van der Waals surface area contributed by atoms with Crippen molar-refractivity contribution in [3.05, 3.63) is 31.3 Å². The fourth-order valence-electron chi connectivity index (χ4n) is 5.39. The minimum absolute atomic E-state index is 0.0795. The van der Waals surface area contributed by atoms with Crippen molar-refractivity contribution in [2.24, 2.45) is 15.3 Å². The molecule has 0 aromatic carbocycles. The van der Waals surface area contributed by atoms with E-state index in [0.29, 0.717) is 0 Å². The Morgan fingerprint density at radius 2 is 1.50 bits per heavy atom. The lowest BCUT2D eigenvalue weighted by Crippen LogP contribution is -2.61. The molecule has 15 atom stereocenters. The summed E-state index contributed by atoms with van der Waals surface area (Å²) in [5.74, 6) is 0. The molecule has 3 fully saturated rings. The highest BCUT2D eigenvalue weighted by atomic mass is 16.7. The summed E-state index contributed by atoms with van der Waals surface area (Å²) in [5, 5.41) is 91.7.